The van der Waals surface area contributed by atoms with E-state index in [9.17, 15) is 15.0 Å². The summed E-state index contributed by atoms with van der Waals surface area (Å²) in [6, 6.07) is 8.87. The molecule has 110 valence electrons. The predicted octanol–water partition coefficient (Wildman–Crippen LogP) is 2.39. The fraction of sp³-hybridized carbons (Fsp3) is 0.200. The summed E-state index contributed by atoms with van der Waals surface area (Å²) in [6.07, 6.45) is 1.32. The molecule has 6 heteroatoms. The van der Waals surface area contributed by atoms with Crippen molar-refractivity contribution in [3.63, 3.8) is 0 Å². The Morgan fingerprint density at radius 3 is 2.76 bits per heavy atom. The van der Waals surface area contributed by atoms with E-state index in [2.05, 4.69) is 17.1 Å². The predicted molar refractivity (Wildman–Crippen MR) is 78.2 cm³/mol. The van der Waals surface area contributed by atoms with Crippen LogP contribution in [0.5, 0.6) is 0 Å². The van der Waals surface area contributed by atoms with E-state index in [0.29, 0.717) is 12.0 Å². The number of nitrogens with zero attached hydrogens (tertiary/aromatic N) is 1. The van der Waals surface area contributed by atoms with Crippen molar-refractivity contribution in [3.8, 4) is 11.3 Å². The first-order valence-corrected chi connectivity index (χ1v) is 6.44. The fourth-order valence-electron chi connectivity index (χ4n) is 1.89. The maximum atomic E-state index is 11.4. The molecule has 0 aliphatic heterocycles. The van der Waals surface area contributed by atoms with Crippen molar-refractivity contribution in [2.75, 3.05) is 11.9 Å². The number of aromatic carboxylic acids is 1. The van der Waals surface area contributed by atoms with Crippen LogP contribution in [0.15, 0.2) is 47.5 Å². The molecule has 0 amide bonds. The van der Waals surface area contributed by atoms with Gasteiger partial charge in [-0.1, -0.05) is 41.6 Å². The van der Waals surface area contributed by atoms with Crippen molar-refractivity contribution in [1.29, 1.82) is 0 Å². The molecule has 6 nitrogen and oxygen atoms in total. The van der Waals surface area contributed by atoms with Gasteiger partial charge in [-0.15, -0.1) is 6.58 Å². The third-order valence-corrected chi connectivity index (χ3v) is 2.89. The lowest BCUT2D eigenvalue weighted by atomic mass is 10.1. The van der Waals surface area contributed by atoms with Gasteiger partial charge in [0.2, 0.25) is 0 Å². The molecule has 1 aromatic carbocycles. The van der Waals surface area contributed by atoms with E-state index < -0.39 is 12.1 Å². The Morgan fingerprint density at radius 1 is 1.43 bits per heavy atom. The number of carboxylic acid groups (broad SMARTS) is 1. The Labute approximate surface area is 121 Å². The van der Waals surface area contributed by atoms with E-state index in [1.165, 1.54) is 0 Å². The molecule has 1 atom stereocenters. The summed E-state index contributed by atoms with van der Waals surface area (Å²) in [7, 11) is 0. The minimum absolute atomic E-state index is 0.0491. The van der Waals surface area contributed by atoms with E-state index in [1.807, 2.05) is 6.07 Å². The average Bonchev–Trinajstić information content (AvgIpc) is 2.90. The van der Waals surface area contributed by atoms with Crippen LogP contribution in [0, 0.1) is 0 Å². The quantitative estimate of drug-likeness (QED) is 0.677. The molecule has 1 aromatic heterocycles. The van der Waals surface area contributed by atoms with Gasteiger partial charge < -0.3 is 20.1 Å². The maximum absolute atomic E-state index is 11.4. The summed E-state index contributed by atoms with van der Waals surface area (Å²) >= 11 is 0. The SMILES string of the molecule is C=CCC(O)CNc1noc(-c2ccccc2)c1C(=O)O. The van der Waals surface area contributed by atoms with Gasteiger partial charge in [0.15, 0.2) is 17.1 Å². The van der Waals surface area contributed by atoms with Gasteiger partial charge in [-0.25, -0.2) is 4.79 Å². The van der Waals surface area contributed by atoms with Crippen LogP contribution in [0.3, 0.4) is 0 Å². The molecule has 0 spiro atoms. The van der Waals surface area contributed by atoms with Crippen molar-refractivity contribution in [2.45, 2.75) is 12.5 Å². The number of anilines is 1. The summed E-state index contributed by atoms with van der Waals surface area (Å²) in [4.78, 5) is 11.4. The van der Waals surface area contributed by atoms with Gasteiger partial charge in [-0.3, -0.25) is 0 Å². The number of benzene rings is 1. The Morgan fingerprint density at radius 2 is 2.14 bits per heavy atom. The molecular weight excluding hydrogens is 272 g/mol. The summed E-state index contributed by atoms with van der Waals surface area (Å²) in [6.45, 7) is 3.69. The number of carbonyl (C=O) groups is 1. The molecule has 0 aliphatic carbocycles. The van der Waals surface area contributed by atoms with Crippen LogP contribution in [0.25, 0.3) is 11.3 Å². The Bertz CT molecular complexity index is 622. The zero-order valence-electron chi connectivity index (χ0n) is 11.3. The van der Waals surface area contributed by atoms with E-state index >= 15 is 0 Å². The summed E-state index contributed by atoms with van der Waals surface area (Å²) in [5, 5.41) is 25.5. The lowest BCUT2D eigenvalue weighted by molar-refractivity contribution is 0.0698. The molecule has 1 heterocycles. The smallest absolute Gasteiger partial charge is 0.343 e. The first-order valence-electron chi connectivity index (χ1n) is 6.44. The number of aliphatic hydroxyl groups excluding tert-OH is 1. The number of nitrogens with one attached hydrogen (secondary N) is 1. The van der Waals surface area contributed by atoms with E-state index in [4.69, 9.17) is 4.52 Å². The average molecular weight is 288 g/mol. The van der Waals surface area contributed by atoms with Crippen LogP contribution < -0.4 is 5.32 Å². The fourth-order valence-corrected chi connectivity index (χ4v) is 1.89. The lowest BCUT2D eigenvalue weighted by Crippen LogP contribution is -2.19. The van der Waals surface area contributed by atoms with Gasteiger partial charge in [0.25, 0.3) is 0 Å². The maximum Gasteiger partial charge on any atom is 0.343 e. The first kappa shape index (κ1) is 14.8. The minimum atomic E-state index is -1.14. The molecule has 21 heavy (non-hydrogen) atoms. The monoisotopic (exact) mass is 288 g/mol. The van der Waals surface area contributed by atoms with Crippen LogP contribution in [0.4, 0.5) is 5.82 Å². The third kappa shape index (κ3) is 3.49. The lowest BCUT2D eigenvalue weighted by Gasteiger charge is -2.08. The number of hydrogen-bond acceptors (Lipinski definition) is 5. The van der Waals surface area contributed by atoms with Gasteiger partial charge in [0.1, 0.15) is 0 Å². The molecule has 0 radical (unpaired) electrons. The van der Waals surface area contributed by atoms with Crippen molar-refractivity contribution < 1.29 is 19.5 Å². The van der Waals surface area contributed by atoms with Gasteiger partial charge in [0, 0.05) is 12.1 Å². The van der Waals surface area contributed by atoms with Gasteiger partial charge in [-0.05, 0) is 6.42 Å². The van der Waals surface area contributed by atoms with Crippen molar-refractivity contribution in [3.05, 3.63) is 48.6 Å². The number of hydrogen-bond donors (Lipinski definition) is 3. The summed E-state index contributed by atoms with van der Waals surface area (Å²) in [5.41, 5.74) is 0.578. The molecule has 0 aliphatic rings. The van der Waals surface area contributed by atoms with Crippen molar-refractivity contribution in [1.82, 2.24) is 5.16 Å². The van der Waals surface area contributed by atoms with Crippen molar-refractivity contribution in [2.24, 2.45) is 0 Å². The molecule has 0 saturated heterocycles. The van der Waals surface area contributed by atoms with E-state index in [-0.39, 0.29) is 23.7 Å². The normalized spacial score (nSPS) is 11.9. The minimum Gasteiger partial charge on any atom is -0.477 e. The first-order chi connectivity index (χ1) is 10.1. The molecule has 3 N–H and O–H groups in total. The van der Waals surface area contributed by atoms with Crippen molar-refractivity contribution >= 4 is 11.8 Å². The van der Waals surface area contributed by atoms with Crippen LogP contribution in [0.1, 0.15) is 16.8 Å². The Kier molecular flexibility index (Phi) is 4.73. The third-order valence-electron chi connectivity index (χ3n) is 2.89. The topological polar surface area (TPSA) is 95.6 Å². The molecule has 2 aromatic rings. The van der Waals surface area contributed by atoms with Crippen LogP contribution in [0.2, 0.25) is 0 Å². The molecule has 0 fully saturated rings. The number of rotatable bonds is 7. The number of carboxylic acids is 1. The molecule has 2 rings (SSSR count). The van der Waals surface area contributed by atoms with Crippen LogP contribution in [-0.4, -0.2) is 34.0 Å². The highest BCUT2D eigenvalue weighted by atomic mass is 16.5. The molecule has 1 unspecified atom stereocenters. The Balaban J connectivity index is 2.25. The Hall–Kier alpha value is -2.60. The summed E-state index contributed by atoms with van der Waals surface area (Å²) in [5.74, 6) is -0.857. The van der Waals surface area contributed by atoms with Gasteiger partial charge in [-0.2, -0.15) is 0 Å². The molecule has 0 saturated carbocycles. The largest absolute Gasteiger partial charge is 0.477 e. The molecule has 0 bridgehead atoms. The van der Waals surface area contributed by atoms with E-state index in [0.717, 1.165) is 0 Å². The zero-order chi connectivity index (χ0) is 15.2. The number of aliphatic hydroxyl groups is 1. The van der Waals surface area contributed by atoms with Gasteiger partial charge in [0.05, 0.1) is 6.10 Å². The standard InChI is InChI=1S/C15H16N2O4/c1-2-6-11(18)9-16-14-12(15(19)20)13(21-17-14)10-7-4-3-5-8-10/h2-5,7-8,11,18H,1,6,9H2,(H,16,17)(H,19,20). The highest BCUT2D eigenvalue weighted by molar-refractivity contribution is 5.99. The second kappa shape index (κ2) is 6.71. The molecular formula is C15H16N2O4. The second-order valence-electron chi connectivity index (χ2n) is 4.47. The van der Waals surface area contributed by atoms with E-state index in [1.54, 1.807) is 30.3 Å². The zero-order valence-corrected chi connectivity index (χ0v) is 11.3. The van der Waals surface area contributed by atoms with Gasteiger partial charge >= 0.3 is 5.97 Å². The van der Waals surface area contributed by atoms with Crippen LogP contribution >= 0.6 is 0 Å². The summed E-state index contributed by atoms with van der Waals surface area (Å²) < 4.78 is 5.14. The number of aromatic nitrogens is 1. The highest BCUT2D eigenvalue weighted by Crippen LogP contribution is 2.29. The second-order valence-corrected chi connectivity index (χ2v) is 4.47. The van der Waals surface area contributed by atoms with Crippen LogP contribution in [-0.2, 0) is 0 Å². The highest BCUT2D eigenvalue weighted by Gasteiger charge is 2.23.